The summed E-state index contributed by atoms with van der Waals surface area (Å²) in [6.07, 6.45) is 0. The number of amides is 1. The van der Waals surface area contributed by atoms with Gasteiger partial charge in [-0.1, -0.05) is 47.7 Å². The number of hydrogen-bond donors (Lipinski definition) is 0. The Morgan fingerprint density at radius 1 is 1.14 bits per heavy atom. The molecule has 0 aliphatic heterocycles. The molecule has 0 saturated carbocycles. The van der Waals surface area contributed by atoms with Crippen LogP contribution in [-0.2, 0) is 17.9 Å². The maximum Gasteiger partial charge on any atom is 0.233 e. The average molecular weight is 413 g/mol. The van der Waals surface area contributed by atoms with Crippen molar-refractivity contribution in [1.29, 1.82) is 0 Å². The van der Waals surface area contributed by atoms with E-state index in [1.165, 1.54) is 23.9 Å². The summed E-state index contributed by atoms with van der Waals surface area (Å²) in [5.41, 5.74) is 2.95. The molecule has 0 aliphatic carbocycles. The fraction of sp³-hybridized carbons (Fsp3) is 0.318. The second-order valence-electron chi connectivity index (χ2n) is 6.75. The van der Waals surface area contributed by atoms with E-state index < -0.39 is 0 Å². The Bertz CT molecular complexity index is 988. The summed E-state index contributed by atoms with van der Waals surface area (Å²) in [6, 6.07) is 14.5. The Morgan fingerprint density at radius 2 is 1.93 bits per heavy atom. The van der Waals surface area contributed by atoms with E-state index >= 15 is 0 Å². The quantitative estimate of drug-likeness (QED) is 0.509. The third kappa shape index (κ3) is 5.23. The molecule has 0 bridgehead atoms. The van der Waals surface area contributed by atoms with E-state index in [0.29, 0.717) is 19.6 Å². The second kappa shape index (κ2) is 9.69. The van der Waals surface area contributed by atoms with Crippen LogP contribution in [-0.4, -0.2) is 37.9 Å². The van der Waals surface area contributed by atoms with E-state index in [0.717, 1.165) is 27.7 Å². The molecule has 5 nitrogen and oxygen atoms in total. The summed E-state index contributed by atoms with van der Waals surface area (Å²) in [4.78, 5) is 14.4. The van der Waals surface area contributed by atoms with Crippen LogP contribution in [0.4, 0.5) is 4.39 Å². The molecule has 3 rings (SSSR count). The first-order valence-electron chi connectivity index (χ1n) is 9.67. The van der Waals surface area contributed by atoms with E-state index in [1.54, 1.807) is 11.0 Å². The van der Waals surface area contributed by atoms with Crippen LogP contribution in [0.1, 0.15) is 25.0 Å². The van der Waals surface area contributed by atoms with Crippen molar-refractivity contribution in [2.45, 2.75) is 39.0 Å². The Labute approximate surface area is 175 Å². The molecule has 0 N–H and O–H groups in total. The molecule has 1 aromatic heterocycles. The molecular formula is C22H25FN4OS. The lowest BCUT2D eigenvalue weighted by Gasteiger charge is -2.21. The first-order valence-corrected chi connectivity index (χ1v) is 10.7. The van der Waals surface area contributed by atoms with Crippen LogP contribution in [0.2, 0.25) is 0 Å². The maximum absolute atomic E-state index is 13.4. The van der Waals surface area contributed by atoms with Gasteiger partial charge in [-0.3, -0.25) is 4.79 Å². The molecule has 29 heavy (non-hydrogen) atoms. The van der Waals surface area contributed by atoms with Gasteiger partial charge >= 0.3 is 0 Å². The number of aryl methyl sites for hydroxylation is 1. The monoisotopic (exact) mass is 412 g/mol. The van der Waals surface area contributed by atoms with Gasteiger partial charge in [0.2, 0.25) is 5.91 Å². The molecule has 0 saturated heterocycles. The number of rotatable bonds is 8. The van der Waals surface area contributed by atoms with Gasteiger partial charge in [0.15, 0.2) is 11.0 Å². The largest absolute Gasteiger partial charge is 0.338 e. The lowest BCUT2D eigenvalue weighted by molar-refractivity contribution is -0.128. The SMILES string of the molecule is CCN(Cc1cccc(F)c1)C(=O)CSc1nnc(-c2cccc(C)c2)n1CC. The van der Waals surface area contributed by atoms with Crippen molar-refractivity contribution in [2.75, 3.05) is 12.3 Å². The molecule has 2 aromatic carbocycles. The minimum absolute atomic E-state index is 0.00970. The first kappa shape index (κ1) is 21.0. The Balaban J connectivity index is 1.69. The normalized spacial score (nSPS) is 10.9. The molecule has 0 fully saturated rings. The van der Waals surface area contributed by atoms with Crippen LogP contribution in [0.3, 0.4) is 0 Å². The predicted molar refractivity (Wildman–Crippen MR) is 114 cm³/mol. The van der Waals surface area contributed by atoms with Crippen molar-refractivity contribution in [3.05, 3.63) is 65.5 Å². The Morgan fingerprint density at radius 3 is 2.62 bits per heavy atom. The highest BCUT2D eigenvalue weighted by atomic mass is 32.2. The van der Waals surface area contributed by atoms with E-state index in [1.807, 2.05) is 49.6 Å². The third-order valence-electron chi connectivity index (χ3n) is 4.63. The van der Waals surface area contributed by atoms with Gasteiger partial charge in [0.25, 0.3) is 0 Å². The van der Waals surface area contributed by atoms with Crippen molar-refractivity contribution >= 4 is 17.7 Å². The van der Waals surface area contributed by atoms with Crippen LogP contribution in [0.5, 0.6) is 0 Å². The van der Waals surface area contributed by atoms with Crippen molar-refractivity contribution in [3.8, 4) is 11.4 Å². The molecule has 1 amide bonds. The number of thioether (sulfide) groups is 1. The minimum atomic E-state index is -0.292. The zero-order valence-corrected chi connectivity index (χ0v) is 17.7. The highest BCUT2D eigenvalue weighted by Gasteiger charge is 2.17. The highest BCUT2D eigenvalue weighted by Crippen LogP contribution is 2.25. The molecule has 0 aliphatic rings. The standard InChI is InChI=1S/C22H25FN4OS/c1-4-26(14-17-9-7-11-19(23)13-17)20(28)15-29-22-25-24-21(27(22)5-2)18-10-6-8-16(3)12-18/h6-13H,4-5,14-15H2,1-3H3. The average Bonchev–Trinajstić information content (AvgIpc) is 3.13. The molecule has 0 spiro atoms. The van der Waals surface area contributed by atoms with Gasteiger partial charge in [0.1, 0.15) is 5.82 Å². The zero-order valence-electron chi connectivity index (χ0n) is 16.9. The number of hydrogen-bond acceptors (Lipinski definition) is 4. The third-order valence-corrected chi connectivity index (χ3v) is 5.58. The number of halogens is 1. The lowest BCUT2D eigenvalue weighted by Crippen LogP contribution is -2.31. The minimum Gasteiger partial charge on any atom is -0.338 e. The van der Waals surface area contributed by atoms with E-state index in [-0.39, 0.29) is 17.5 Å². The highest BCUT2D eigenvalue weighted by molar-refractivity contribution is 7.99. The molecule has 7 heteroatoms. The van der Waals surface area contributed by atoms with E-state index in [2.05, 4.69) is 16.3 Å². The summed E-state index contributed by atoms with van der Waals surface area (Å²) in [6.45, 7) is 7.67. The van der Waals surface area contributed by atoms with Crippen molar-refractivity contribution in [3.63, 3.8) is 0 Å². The summed E-state index contributed by atoms with van der Waals surface area (Å²) < 4.78 is 15.4. The van der Waals surface area contributed by atoms with Crippen LogP contribution in [0.25, 0.3) is 11.4 Å². The van der Waals surface area contributed by atoms with Crippen molar-refractivity contribution < 1.29 is 9.18 Å². The van der Waals surface area contributed by atoms with Crippen molar-refractivity contribution in [2.24, 2.45) is 0 Å². The Hall–Kier alpha value is -2.67. The topological polar surface area (TPSA) is 51.0 Å². The Kier molecular flexibility index (Phi) is 7.04. The fourth-order valence-electron chi connectivity index (χ4n) is 3.13. The van der Waals surface area contributed by atoms with E-state index in [4.69, 9.17) is 0 Å². The van der Waals surface area contributed by atoms with Gasteiger partial charge in [-0.2, -0.15) is 0 Å². The predicted octanol–water partition coefficient (Wildman–Crippen LogP) is 4.55. The molecular weight excluding hydrogens is 387 g/mol. The second-order valence-corrected chi connectivity index (χ2v) is 7.69. The van der Waals surface area contributed by atoms with Crippen LogP contribution >= 0.6 is 11.8 Å². The molecule has 152 valence electrons. The van der Waals surface area contributed by atoms with Crippen LogP contribution in [0.15, 0.2) is 53.7 Å². The van der Waals surface area contributed by atoms with Gasteiger partial charge in [-0.15, -0.1) is 10.2 Å². The summed E-state index contributed by atoms with van der Waals surface area (Å²) in [5, 5.41) is 9.37. The fourth-order valence-corrected chi connectivity index (χ4v) is 4.03. The lowest BCUT2D eigenvalue weighted by atomic mass is 10.1. The number of carbonyl (C=O) groups excluding carboxylic acids is 1. The van der Waals surface area contributed by atoms with Gasteiger partial charge in [-0.25, -0.2) is 4.39 Å². The maximum atomic E-state index is 13.4. The first-order chi connectivity index (χ1) is 14.0. The molecule has 1 heterocycles. The molecule has 0 unspecified atom stereocenters. The van der Waals surface area contributed by atoms with Gasteiger partial charge in [0, 0.05) is 25.2 Å². The van der Waals surface area contributed by atoms with Gasteiger partial charge < -0.3 is 9.47 Å². The summed E-state index contributed by atoms with van der Waals surface area (Å²) >= 11 is 1.38. The summed E-state index contributed by atoms with van der Waals surface area (Å²) in [5.74, 6) is 0.762. The molecule has 0 atom stereocenters. The zero-order chi connectivity index (χ0) is 20.8. The number of carbonyl (C=O) groups is 1. The van der Waals surface area contributed by atoms with Crippen molar-refractivity contribution in [1.82, 2.24) is 19.7 Å². The van der Waals surface area contributed by atoms with Gasteiger partial charge in [0.05, 0.1) is 5.75 Å². The van der Waals surface area contributed by atoms with Crippen LogP contribution in [0, 0.1) is 12.7 Å². The van der Waals surface area contributed by atoms with Crippen LogP contribution < -0.4 is 0 Å². The number of nitrogens with zero attached hydrogens (tertiary/aromatic N) is 4. The smallest absolute Gasteiger partial charge is 0.233 e. The molecule has 3 aromatic rings. The number of aromatic nitrogens is 3. The van der Waals surface area contributed by atoms with Gasteiger partial charge in [-0.05, 0) is 44.5 Å². The van der Waals surface area contributed by atoms with E-state index in [9.17, 15) is 9.18 Å². The molecule has 0 radical (unpaired) electrons. The number of benzene rings is 2. The summed E-state index contributed by atoms with van der Waals surface area (Å²) in [7, 11) is 0.